The third kappa shape index (κ3) is 3.68. The molecule has 1 atom stereocenters. The van der Waals surface area contributed by atoms with Crippen LogP contribution in [0.2, 0.25) is 0 Å². The first-order valence-corrected chi connectivity index (χ1v) is 9.03. The van der Waals surface area contributed by atoms with Crippen molar-refractivity contribution in [2.75, 3.05) is 40.0 Å². The number of amides is 3. The smallest absolute Gasteiger partial charge is 0.322 e. The standard InChI is InChI=1S/C20H25N3O4/c1-4-10-23-16-13-22(11-12-26-3)19(24)17(16)18(21-20(23)25)14-6-8-15(9-7-14)27-5-2/h4,6-9,18H,1,5,10-13H2,2-3H3,(H,21,25)/t18-/m0/s1. The largest absolute Gasteiger partial charge is 0.494 e. The Morgan fingerprint density at radius 1 is 1.30 bits per heavy atom. The summed E-state index contributed by atoms with van der Waals surface area (Å²) < 4.78 is 10.6. The van der Waals surface area contributed by atoms with Gasteiger partial charge in [0, 0.05) is 20.2 Å². The summed E-state index contributed by atoms with van der Waals surface area (Å²) in [6.45, 7) is 7.90. The van der Waals surface area contributed by atoms with Crippen LogP contribution in [0.4, 0.5) is 4.79 Å². The zero-order chi connectivity index (χ0) is 19.4. The molecule has 7 heteroatoms. The van der Waals surface area contributed by atoms with Crippen molar-refractivity contribution in [3.63, 3.8) is 0 Å². The van der Waals surface area contributed by atoms with Gasteiger partial charge in [0.1, 0.15) is 5.75 Å². The SMILES string of the molecule is C=CCN1C(=O)N[C@@H](c2ccc(OCC)cc2)C2=C1CN(CCOC)C2=O. The number of ether oxygens (including phenoxy) is 2. The van der Waals surface area contributed by atoms with Gasteiger partial charge in [-0.05, 0) is 24.6 Å². The van der Waals surface area contributed by atoms with Crippen molar-refractivity contribution >= 4 is 11.9 Å². The molecule has 2 aliphatic rings. The number of methoxy groups -OCH3 is 1. The monoisotopic (exact) mass is 371 g/mol. The van der Waals surface area contributed by atoms with Crippen molar-refractivity contribution in [2.45, 2.75) is 13.0 Å². The van der Waals surface area contributed by atoms with E-state index in [0.717, 1.165) is 17.0 Å². The van der Waals surface area contributed by atoms with E-state index in [1.165, 1.54) is 0 Å². The van der Waals surface area contributed by atoms with Gasteiger partial charge in [-0.25, -0.2) is 4.79 Å². The van der Waals surface area contributed by atoms with E-state index in [2.05, 4.69) is 11.9 Å². The van der Waals surface area contributed by atoms with Gasteiger partial charge in [-0.2, -0.15) is 0 Å². The van der Waals surface area contributed by atoms with E-state index in [4.69, 9.17) is 9.47 Å². The van der Waals surface area contributed by atoms with Crippen LogP contribution in [0.25, 0.3) is 0 Å². The molecule has 1 aromatic rings. The zero-order valence-electron chi connectivity index (χ0n) is 15.7. The van der Waals surface area contributed by atoms with E-state index in [9.17, 15) is 9.59 Å². The molecule has 0 aliphatic carbocycles. The van der Waals surface area contributed by atoms with Crippen molar-refractivity contribution in [1.29, 1.82) is 0 Å². The summed E-state index contributed by atoms with van der Waals surface area (Å²) in [6, 6.07) is 6.76. The Morgan fingerprint density at radius 2 is 2.04 bits per heavy atom. The molecular weight excluding hydrogens is 346 g/mol. The van der Waals surface area contributed by atoms with Crippen molar-refractivity contribution < 1.29 is 19.1 Å². The van der Waals surface area contributed by atoms with Gasteiger partial charge in [-0.15, -0.1) is 6.58 Å². The number of carbonyl (C=O) groups is 2. The molecule has 0 spiro atoms. The van der Waals surface area contributed by atoms with E-state index in [1.807, 2.05) is 31.2 Å². The first-order valence-electron chi connectivity index (χ1n) is 9.03. The van der Waals surface area contributed by atoms with E-state index in [0.29, 0.717) is 38.4 Å². The lowest BCUT2D eigenvalue weighted by molar-refractivity contribution is -0.126. The Balaban J connectivity index is 1.95. The molecule has 3 amide bonds. The van der Waals surface area contributed by atoms with E-state index >= 15 is 0 Å². The van der Waals surface area contributed by atoms with Crippen LogP contribution in [0, 0.1) is 0 Å². The molecule has 0 bridgehead atoms. The van der Waals surface area contributed by atoms with Crippen LogP contribution in [0.5, 0.6) is 5.75 Å². The molecule has 0 aromatic heterocycles. The molecule has 0 saturated heterocycles. The number of rotatable bonds is 8. The highest BCUT2D eigenvalue weighted by atomic mass is 16.5. The van der Waals surface area contributed by atoms with Crippen LogP contribution in [-0.4, -0.2) is 61.7 Å². The fourth-order valence-corrected chi connectivity index (χ4v) is 3.43. The van der Waals surface area contributed by atoms with Gasteiger partial charge in [0.25, 0.3) is 5.91 Å². The minimum Gasteiger partial charge on any atom is -0.494 e. The summed E-state index contributed by atoms with van der Waals surface area (Å²) in [5, 5.41) is 2.96. The average Bonchev–Trinajstić information content (AvgIpc) is 2.99. The van der Waals surface area contributed by atoms with Crippen molar-refractivity contribution in [3.8, 4) is 5.75 Å². The topological polar surface area (TPSA) is 71.1 Å². The Morgan fingerprint density at radius 3 is 2.67 bits per heavy atom. The predicted molar refractivity (Wildman–Crippen MR) is 101 cm³/mol. The average molecular weight is 371 g/mol. The zero-order valence-corrected chi connectivity index (χ0v) is 15.7. The maximum atomic E-state index is 13.0. The Kier molecular flexibility index (Phi) is 5.81. The first-order chi connectivity index (χ1) is 13.1. The molecule has 0 saturated carbocycles. The van der Waals surface area contributed by atoms with Gasteiger partial charge >= 0.3 is 6.03 Å². The van der Waals surface area contributed by atoms with Crippen molar-refractivity contribution in [1.82, 2.24) is 15.1 Å². The number of nitrogens with zero attached hydrogens (tertiary/aromatic N) is 2. The van der Waals surface area contributed by atoms with Crippen LogP contribution in [0.3, 0.4) is 0 Å². The number of urea groups is 1. The highest BCUT2D eigenvalue weighted by Crippen LogP contribution is 2.36. The summed E-state index contributed by atoms with van der Waals surface area (Å²) in [5.74, 6) is 0.681. The molecule has 1 aromatic carbocycles. The Labute approximate surface area is 159 Å². The highest BCUT2D eigenvalue weighted by Gasteiger charge is 2.43. The van der Waals surface area contributed by atoms with Crippen molar-refractivity contribution in [2.24, 2.45) is 0 Å². The van der Waals surface area contributed by atoms with Crippen LogP contribution in [0.15, 0.2) is 48.2 Å². The molecule has 0 radical (unpaired) electrons. The van der Waals surface area contributed by atoms with Crippen LogP contribution in [-0.2, 0) is 9.53 Å². The highest BCUT2D eigenvalue weighted by molar-refractivity contribution is 6.01. The molecule has 27 heavy (non-hydrogen) atoms. The lowest BCUT2D eigenvalue weighted by Gasteiger charge is -2.33. The third-order valence-corrected chi connectivity index (χ3v) is 4.70. The summed E-state index contributed by atoms with van der Waals surface area (Å²) in [4.78, 5) is 29.0. The molecular formula is C20H25N3O4. The predicted octanol–water partition coefficient (Wildman–Crippen LogP) is 2.08. The van der Waals surface area contributed by atoms with Gasteiger partial charge in [-0.1, -0.05) is 18.2 Å². The Bertz CT molecular complexity index is 757. The van der Waals surface area contributed by atoms with Gasteiger partial charge in [0.05, 0.1) is 37.1 Å². The fraction of sp³-hybridized carbons (Fsp3) is 0.400. The molecule has 2 aliphatic heterocycles. The molecule has 0 fully saturated rings. The molecule has 0 unspecified atom stereocenters. The van der Waals surface area contributed by atoms with Crippen molar-refractivity contribution in [3.05, 3.63) is 53.8 Å². The summed E-state index contributed by atoms with van der Waals surface area (Å²) in [6.07, 6.45) is 1.66. The minimum atomic E-state index is -0.482. The van der Waals surface area contributed by atoms with Crippen LogP contribution in [0.1, 0.15) is 18.5 Å². The first kappa shape index (κ1) is 19.0. The van der Waals surface area contributed by atoms with Gasteiger partial charge < -0.3 is 19.7 Å². The minimum absolute atomic E-state index is 0.0741. The molecule has 7 nitrogen and oxygen atoms in total. The summed E-state index contributed by atoms with van der Waals surface area (Å²) >= 11 is 0. The molecule has 1 N–H and O–H groups in total. The molecule has 144 valence electrons. The van der Waals surface area contributed by atoms with E-state index in [-0.39, 0.29) is 11.9 Å². The van der Waals surface area contributed by atoms with Crippen LogP contribution >= 0.6 is 0 Å². The number of carbonyl (C=O) groups excluding carboxylic acids is 2. The quantitative estimate of drug-likeness (QED) is 0.711. The fourth-order valence-electron chi connectivity index (χ4n) is 3.43. The van der Waals surface area contributed by atoms with Crippen LogP contribution < -0.4 is 10.1 Å². The normalized spacial score (nSPS) is 19.3. The number of hydrogen-bond donors (Lipinski definition) is 1. The Hall–Kier alpha value is -2.80. The van der Waals surface area contributed by atoms with E-state index < -0.39 is 6.04 Å². The second kappa shape index (κ2) is 8.26. The second-order valence-corrected chi connectivity index (χ2v) is 6.36. The van der Waals surface area contributed by atoms with Gasteiger partial charge in [0.2, 0.25) is 0 Å². The summed E-state index contributed by atoms with van der Waals surface area (Å²) in [5.41, 5.74) is 2.19. The lowest BCUT2D eigenvalue weighted by Crippen LogP contribution is -2.47. The maximum Gasteiger partial charge on any atom is 0.322 e. The lowest BCUT2D eigenvalue weighted by atomic mass is 9.95. The number of hydrogen-bond acceptors (Lipinski definition) is 4. The maximum absolute atomic E-state index is 13.0. The number of nitrogens with one attached hydrogen (secondary N) is 1. The third-order valence-electron chi connectivity index (χ3n) is 4.70. The second-order valence-electron chi connectivity index (χ2n) is 6.36. The summed E-state index contributed by atoms with van der Waals surface area (Å²) in [7, 11) is 1.60. The van der Waals surface area contributed by atoms with E-state index in [1.54, 1.807) is 23.0 Å². The molecule has 2 heterocycles. The molecule has 3 rings (SSSR count). The van der Waals surface area contributed by atoms with Gasteiger partial charge in [0.15, 0.2) is 0 Å². The number of benzene rings is 1. The van der Waals surface area contributed by atoms with Gasteiger partial charge in [-0.3, -0.25) is 9.69 Å².